The smallest absolute Gasteiger partial charge is 0.338 e. The quantitative estimate of drug-likeness (QED) is 0.470. The van der Waals surface area contributed by atoms with Gasteiger partial charge in [-0.25, -0.2) is 4.79 Å². The number of halogens is 1. The summed E-state index contributed by atoms with van der Waals surface area (Å²) < 4.78 is 5.15. The molecule has 5 heteroatoms. The molecule has 0 bridgehead atoms. The third-order valence-corrected chi connectivity index (χ3v) is 3.84. The molecule has 1 aliphatic rings. The summed E-state index contributed by atoms with van der Waals surface area (Å²) in [6, 6.07) is 7.00. The zero-order chi connectivity index (χ0) is 14.5. The number of benzene rings is 1. The summed E-state index contributed by atoms with van der Waals surface area (Å²) in [5.74, 6) is -0.207. The number of amides is 1. The fourth-order valence-corrected chi connectivity index (χ4v) is 2.65. The summed E-state index contributed by atoms with van der Waals surface area (Å²) in [6.07, 6.45) is 2.39. The lowest BCUT2D eigenvalue weighted by Gasteiger charge is -2.16. The molecule has 1 saturated heterocycles. The second-order valence-corrected chi connectivity index (χ2v) is 6.14. The molecule has 4 nitrogen and oxygen atoms in total. The van der Waals surface area contributed by atoms with Gasteiger partial charge in [0.15, 0.2) is 0 Å². The molecule has 2 rings (SSSR count). The van der Waals surface area contributed by atoms with Crippen LogP contribution in [-0.2, 0) is 9.53 Å². The first-order valence-corrected chi connectivity index (χ1v) is 7.75. The predicted molar refractivity (Wildman–Crippen MR) is 81.3 cm³/mol. The lowest BCUT2D eigenvalue weighted by atomic mass is 10.2. The van der Waals surface area contributed by atoms with Crippen LogP contribution in [0.2, 0.25) is 0 Å². The Morgan fingerprint density at radius 3 is 2.65 bits per heavy atom. The van der Waals surface area contributed by atoms with E-state index in [0.717, 1.165) is 18.5 Å². The summed E-state index contributed by atoms with van der Waals surface area (Å²) >= 11 is 3.45. The largest absolute Gasteiger partial charge is 0.462 e. The van der Waals surface area contributed by atoms with Crippen molar-refractivity contribution in [2.75, 3.05) is 18.1 Å². The normalized spacial score (nSPS) is 18.4. The van der Waals surface area contributed by atoms with Gasteiger partial charge in [0.05, 0.1) is 12.2 Å². The van der Waals surface area contributed by atoms with Crippen LogP contribution in [0.25, 0.3) is 0 Å². The Hall–Kier alpha value is -1.36. The SMILES string of the molecule is CCCCOC(=O)c1ccc(N2CC(Br)CC2=O)cc1. The number of unbranched alkanes of at least 4 members (excludes halogenated alkanes) is 1. The van der Waals surface area contributed by atoms with Crippen molar-refractivity contribution in [1.29, 1.82) is 0 Å². The van der Waals surface area contributed by atoms with Gasteiger partial charge in [-0.05, 0) is 30.7 Å². The van der Waals surface area contributed by atoms with Crippen LogP contribution in [0.3, 0.4) is 0 Å². The number of carbonyl (C=O) groups excluding carboxylic acids is 2. The fourth-order valence-electron chi connectivity index (χ4n) is 2.08. The van der Waals surface area contributed by atoms with E-state index in [1.165, 1.54) is 0 Å². The highest BCUT2D eigenvalue weighted by Crippen LogP contribution is 2.25. The van der Waals surface area contributed by atoms with Gasteiger partial charge in [0.2, 0.25) is 5.91 Å². The second-order valence-electron chi connectivity index (χ2n) is 4.84. The maximum absolute atomic E-state index is 11.8. The van der Waals surface area contributed by atoms with E-state index in [9.17, 15) is 9.59 Å². The first-order chi connectivity index (χ1) is 9.61. The van der Waals surface area contributed by atoms with Crippen LogP contribution < -0.4 is 4.90 Å². The Bertz CT molecular complexity index is 486. The number of ether oxygens (including phenoxy) is 1. The summed E-state index contributed by atoms with van der Waals surface area (Å²) in [4.78, 5) is 25.5. The molecule has 1 aromatic carbocycles. The van der Waals surface area contributed by atoms with Crippen molar-refractivity contribution >= 4 is 33.5 Å². The number of alkyl halides is 1. The molecule has 1 aliphatic heterocycles. The molecule has 0 aromatic heterocycles. The topological polar surface area (TPSA) is 46.6 Å². The van der Waals surface area contributed by atoms with Crippen molar-refractivity contribution in [1.82, 2.24) is 0 Å². The summed E-state index contributed by atoms with van der Waals surface area (Å²) in [5.41, 5.74) is 1.34. The number of anilines is 1. The van der Waals surface area contributed by atoms with E-state index in [2.05, 4.69) is 15.9 Å². The molecule has 20 heavy (non-hydrogen) atoms. The zero-order valence-corrected chi connectivity index (χ0v) is 13.1. The minimum Gasteiger partial charge on any atom is -0.462 e. The lowest BCUT2D eigenvalue weighted by Crippen LogP contribution is -2.24. The predicted octanol–water partition coefficient (Wildman–Crippen LogP) is 3.14. The first kappa shape index (κ1) is 15.0. The van der Waals surface area contributed by atoms with E-state index in [1.807, 2.05) is 6.92 Å². The molecule has 1 atom stereocenters. The summed E-state index contributed by atoms with van der Waals surface area (Å²) in [5, 5.41) is 0. The minimum atomic E-state index is -0.309. The number of nitrogens with zero attached hydrogens (tertiary/aromatic N) is 1. The van der Waals surface area contributed by atoms with Crippen molar-refractivity contribution < 1.29 is 14.3 Å². The third-order valence-electron chi connectivity index (χ3n) is 3.22. The van der Waals surface area contributed by atoms with Gasteiger partial charge in [-0.15, -0.1) is 0 Å². The molecular weight excluding hydrogens is 322 g/mol. The minimum absolute atomic E-state index is 0.102. The van der Waals surface area contributed by atoms with Gasteiger partial charge in [-0.3, -0.25) is 4.79 Å². The molecule has 0 spiro atoms. The maximum Gasteiger partial charge on any atom is 0.338 e. The fraction of sp³-hybridized carbons (Fsp3) is 0.467. The molecule has 1 fully saturated rings. The number of hydrogen-bond acceptors (Lipinski definition) is 3. The van der Waals surface area contributed by atoms with E-state index in [4.69, 9.17) is 4.74 Å². The molecule has 1 amide bonds. The van der Waals surface area contributed by atoms with Gasteiger partial charge in [-0.1, -0.05) is 29.3 Å². The number of hydrogen-bond donors (Lipinski definition) is 0. The van der Waals surface area contributed by atoms with Crippen LogP contribution in [0.4, 0.5) is 5.69 Å². The lowest BCUT2D eigenvalue weighted by molar-refractivity contribution is -0.117. The zero-order valence-electron chi connectivity index (χ0n) is 11.5. The monoisotopic (exact) mass is 339 g/mol. The van der Waals surface area contributed by atoms with E-state index in [1.54, 1.807) is 29.2 Å². The average Bonchev–Trinajstić information content (AvgIpc) is 2.78. The van der Waals surface area contributed by atoms with Crippen molar-refractivity contribution in [3.8, 4) is 0 Å². The van der Waals surface area contributed by atoms with E-state index < -0.39 is 0 Å². The van der Waals surface area contributed by atoms with Crippen LogP contribution in [0.1, 0.15) is 36.5 Å². The second kappa shape index (κ2) is 6.88. The molecule has 0 N–H and O–H groups in total. The van der Waals surface area contributed by atoms with Crippen molar-refractivity contribution in [3.05, 3.63) is 29.8 Å². The van der Waals surface area contributed by atoms with Gasteiger partial charge in [0, 0.05) is 23.5 Å². The van der Waals surface area contributed by atoms with Crippen molar-refractivity contribution in [3.63, 3.8) is 0 Å². The molecule has 108 valence electrons. The van der Waals surface area contributed by atoms with Crippen LogP contribution >= 0.6 is 15.9 Å². The van der Waals surface area contributed by atoms with Crippen LogP contribution in [-0.4, -0.2) is 29.9 Å². The first-order valence-electron chi connectivity index (χ1n) is 6.83. The highest BCUT2D eigenvalue weighted by atomic mass is 79.9. The molecule has 1 heterocycles. The Balaban J connectivity index is 1.99. The highest BCUT2D eigenvalue weighted by molar-refractivity contribution is 9.09. The average molecular weight is 340 g/mol. The molecule has 1 unspecified atom stereocenters. The standard InChI is InChI=1S/C15H18BrNO3/c1-2-3-8-20-15(19)11-4-6-13(7-5-11)17-10-12(16)9-14(17)18/h4-7,12H,2-3,8-10H2,1H3. The van der Waals surface area contributed by atoms with Crippen molar-refractivity contribution in [2.24, 2.45) is 0 Å². The van der Waals surface area contributed by atoms with Gasteiger partial charge < -0.3 is 9.64 Å². The van der Waals surface area contributed by atoms with Crippen molar-refractivity contribution in [2.45, 2.75) is 31.0 Å². The van der Waals surface area contributed by atoms with Gasteiger partial charge >= 0.3 is 5.97 Å². The summed E-state index contributed by atoms with van der Waals surface area (Å²) in [6.45, 7) is 3.17. The Morgan fingerprint density at radius 2 is 2.10 bits per heavy atom. The van der Waals surface area contributed by atoms with Gasteiger partial charge in [0.1, 0.15) is 0 Å². The molecule has 0 aliphatic carbocycles. The van der Waals surface area contributed by atoms with Gasteiger partial charge in [-0.2, -0.15) is 0 Å². The Morgan fingerprint density at radius 1 is 1.40 bits per heavy atom. The molecule has 0 saturated carbocycles. The van der Waals surface area contributed by atoms with Gasteiger partial charge in [0.25, 0.3) is 0 Å². The van der Waals surface area contributed by atoms with E-state index in [0.29, 0.717) is 25.1 Å². The number of esters is 1. The Kier molecular flexibility index (Phi) is 5.17. The maximum atomic E-state index is 11.8. The number of rotatable bonds is 5. The highest BCUT2D eigenvalue weighted by Gasteiger charge is 2.28. The van der Waals surface area contributed by atoms with Crippen LogP contribution in [0, 0.1) is 0 Å². The van der Waals surface area contributed by atoms with E-state index >= 15 is 0 Å². The molecule has 0 radical (unpaired) electrons. The number of carbonyl (C=O) groups is 2. The van der Waals surface area contributed by atoms with E-state index in [-0.39, 0.29) is 16.7 Å². The third kappa shape index (κ3) is 3.60. The Labute approximate surface area is 127 Å². The molecular formula is C15H18BrNO3. The van der Waals surface area contributed by atoms with Crippen LogP contribution in [0.5, 0.6) is 0 Å². The van der Waals surface area contributed by atoms with Crippen LogP contribution in [0.15, 0.2) is 24.3 Å². The molecule has 1 aromatic rings. The summed E-state index contributed by atoms with van der Waals surface area (Å²) in [7, 11) is 0.